The molecule has 1 atom stereocenters. The van der Waals surface area contributed by atoms with Crippen molar-refractivity contribution in [1.29, 1.82) is 0 Å². The van der Waals surface area contributed by atoms with Crippen LogP contribution in [-0.2, 0) is 14.4 Å². The van der Waals surface area contributed by atoms with Gasteiger partial charge in [-0.05, 0) is 36.4 Å². The first-order valence-corrected chi connectivity index (χ1v) is 11.4. The Labute approximate surface area is 190 Å². The molecule has 3 amide bonds. The van der Waals surface area contributed by atoms with Gasteiger partial charge < -0.3 is 24.6 Å². The van der Waals surface area contributed by atoms with E-state index in [9.17, 15) is 14.4 Å². The minimum atomic E-state index is -0.664. The lowest BCUT2D eigenvalue weighted by Crippen LogP contribution is -2.55. The number of piperazine rings is 1. The summed E-state index contributed by atoms with van der Waals surface area (Å²) >= 11 is 1.45. The summed E-state index contributed by atoms with van der Waals surface area (Å²) in [7, 11) is 0. The Morgan fingerprint density at radius 3 is 2.31 bits per heavy atom. The number of fused-ring (bicyclic) bond motifs is 1. The number of rotatable bonds is 5. The number of nitrogens with zero attached hydrogens (tertiary/aromatic N) is 2. The van der Waals surface area contributed by atoms with Crippen LogP contribution in [-0.4, -0.2) is 72.2 Å². The highest BCUT2D eigenvalue weighted by molar-refractivity contribution is 8.00. The number of hydrogen-bond donors (Lipinski definition) is 1. The van der Waals surface area contributed by atoms with Gasteiger partial charge in [-0.25, -0.2) is 0 Å². The molecule has 2 aliphatic heterocycles. The van der Waals surface area contributed by atoms with Crippen molar-refractivity contribution in [3.05, 3.63) is 48.5 Å². The third kappa shape index (κ3) is 5.34. The number of hydrogen-bond acceptors (Lipinski definition) is 6. The van der Waals surface area contributed by atoms with Gasteiger partial charge in [-0.2, -0.15) is 0 Å². The number of anilines is 1. The molecular formula is C23H25N3O5S. The number of carbonyl (C=O) groups is 3. The fraction of sp³-hybridized carbons (Fsp3) is 0.348. The van der Waals surface area contributed by atoms with Crippen LogP contribution in [0.1, 0.15) is 6.92 Å². The Morgan fingerprint density at radius 2 is 1.62 bits per heavy atom. The van der Waals surface area contributed by atoms with Crippen LogP contribution >= 0.6 is 11.8 Å². The van der Waals surface area contributed by atoms with Crippen molar-refractivity contribution in [2.45, 2.75) is 17.9 Å². The zero-order valence-corrected chi connectivity index (χ0v) is 18.6. The van der Waals surface area contributed by atoms with Gasteiger partial charge in [0, 0.05) is 43.7 Å². The van der Waals surface area contributed by atoms with Crippen LogP contribution in [0.25, 0.3) is 0 Å². The molecule has 0 spiro atoms. The van der Waals surface area contributed by atoms with Crippen LogP contribution < -0.4 is 14.8 Å². The molecule has 2 heterocycles. The summed E-state index contributed by atoms with van der Waals surface area (Å²) in [6, 6.07) is 14.7. The van der Waals surface area contributed by atoms with E-state index in [1.807, 2.05) is 42.5 Å². The largest absolute Gasteiger partial charge is 0.485 e. The summed E-state index contributed by atoms with van der Waals surface area (Å²) in [6.45, 7) is 3.59. The molecular weight excluding hydrogens is 430 g/mol. The van der Waals surface area contributed by atoms with Gasteiger partial charge >= 0.3 is 0 Å². The van der Waals surface area contributed by atoms with E-state index in [4.69, 9.17) is 9.47 Å². The van der Waals surface area contributed by atoms with Gasteiger partial charge in [0.05, 0.1) is 5.75 Å². The number of thioether (sulfide) groups is 1. The van der Waals surface area contributed by atoms with Crippen LogP contribution in [0.5, 0.6) is 11.5 Å². The maximum absolute atomic E-state index is 12.8. The van der Waals surface area contributed by atoms with Crippen molar-refractivity contribution in [2.75, 3.05) is 43.9 Å². The fourth-order valence-electron chi connectivity index (χ4n) is 3.60. The minimum absolute atomic E-state index is 0.0409. The van der Waals surface area contributed by atoms with E-state index < -0.39 is 6.10 Å². The van der Waals surface area contributed by atoms with E-state index in [2.05, 4.69) is 5.32 Å². The summed E-state index contributed by atoms with van der Waals surface area (Å²) in [6.07, 6.45) is -0.664. The highest BCUT2D eigenvalue weighted by atomic mass is 32.2. The molecule has 0 bridgehead atoms. The third-order valence-corrected chi connectivity index (χ3v) is 6.26. The summed E-state index contributed by atoms with van der Waals surface area (Å²) < 4.78 is 11.5. The van der Waals surface area contributed by atoms with Crippen LogP contribution in [0.15, 0.2) is 53.4 Å². The molecule has 1 fully saturated rings. The van der Waals surface area contributed by atoms with Crippen molar-refractivity contribution in [2.24, 2.45) is 0 Å². The van der Waals surface area contributed by atoms with Gasteiger partial charge in [-0.3, -0.25) is 14.4 Å². The number of nitrogens with one attached hydrogen (secondary N) is 1. The van der Waals surface area contributed by atoms with E-state index in [0.717, 1.165) is 10.6 Å². The number of ether oxygens (including phenoxy) is 2. The lowest BCUT2D eigenvalue weighted by Gasteiger charge is -2.37. The molecule has 0 aliphatic carbocycles. The van der Waals surface area contributed by atoms with Crippen LogP contribution in [0.4, 0.5) is 5.69 Å². The first-order valence-electron chi connectivity index (χ1n) is 10.4. The van der Waals surface area contributed by atoms with Crippen molar-refractivity contribution in [3.63, 3.8) is 0 Å². The summed E-state index contributed by atoms with van der Waals surface area (Å²) in [4.78, 5) is 41.0. The molecule has 2 aromatic carbocycles. The van der Waals surface area contributed by atoms with E-state index in [1.165, 1.54) is 18.7 Å². The second-order valence-electron chi connectivity index (χ2n) is 7.56. The predicted octanol–water partition coefficient (Wildman–Crippen LogP) is 2.25. The number of para-hydroxylation sites is 2. The smallest absolute Gasteiger partial charge is 0.267 e. The zero-order chi connectivity index (χ0) is 22.5. The van der Waals surface area contributed by atoms with Gasteiger partial charge in [0.1, 0.15) is 6.61 Å². The summed E-state index contributed by atoms with van der Waals surface area (Å²) in [5.41, 5.74) is 0.727. The highest BCUT2D eigenvalue weighted by Gasteiger charge is 2.33. The first-order chi connectivity index (χ1) is 15.5. The average molecular weight is 456 g/mol. The second kappa shape index (κ2) is 9.95. The minimum Gasteiger partial charge on any atom is -0.485 e. The topological polar surface area (TPSA) is 88.2 Å². The van der Waals surface area contributed by atoms with E-state index in [-0.39, 0.29) is 24.3 Å². The van der Waals surface area contributed by atoms with Gasteiger partial charge in [0.15, 0.2) is 11.5 Å². The molecule has 0 radical (unpaired) electrons. The van der Waals surface area contributed by atoms with Crippen LogP contribution in [0.3, 0.4) is 0 Å². The lowest BCUT2D eigenvalue weighted by atomic mass is 10.2. The Morgan fingerprint density at radius 1 is 0.969 bits per heavy atom. The quantitative estimate of drug-likeness (QED) is 0.696. The first kappa shape index (κ1) is 22.0. The van der Waals surface area contributed by atoms with Gasteiger partial charge in [0.2, 0.25) is 17.9 Å². The van der Waals surface area contributed by atoms with Crippen molar-refractivity contribution >= 4 is 35.2 Å². The molecule has 32 heavy (non-hydrogen) atoms. The maximum atomic E-state index is 12.8. The van der Waals surface area contributed by atoms with Gasteiger partial charge in [-0.15, -0.1) is 11.8 Å². The Bertz CT molecular complexity index is 989. The molecule has 168 valence electrons. The molecule has 2 aliphatic rings. The van der Waals surface area contributed by atoms with Crippen molar-refractivity contribution in [3.8, 4) is 11.5 Å². The normalized spacial score (nSPS) is 17.6. The van der Waals surface area contributed by atoms with E-state index in [0.29, 0.717) is 43.4 Å². The number of carbonyl (C=O) groups excluding carboxylic acids is 3. The van der Waals surface area contributed by atoms with E-state index in [1.54, 1.807) is 15.9 Å². The molecule has 0 saturated carbocycles. The second-order valence-corrected chi connectivity index (χ2v) is 8.61. The maximum Gasteiger partial charge on any atom is 0.267 e. The summed E-state index contributed by atoms with van der Waals surface area (Å²) in [5, 5.41) is 2.72. The molecule has 1 saturated heterocycles. The standard InChI is InChI=1S/C23H25N3O5S/c1-16(27)24-17-6-8-18(9-7-17)32-15-22(28)25-10-12-26(13-11-25)23(29)21-14-30-19-4-2-3-5-20(19)31-21/h2-9,21H,10-15H2,1H3,(H,24,27). The third-order valence-electron chi connectivity index (χ3n) is 5.27. The van der Waals surface area contributed by atoms with Crippen LogP contribution in [0, 0.1) is 0 Å². The van der Waals surface area contributed by atoms with Gasteiger partial charge in [0.25, 0.3) is 5.91 Å². The molecule has 2 aromatic rings. The van der Waals surface area contributed by atoms with Crippen molar-refractivity contribution in [1.82, 2.24) is 9.80 Å². The monoisotopic (exact) mass is 455 g/mol. The van der Waals surface area contributed by atoms with Crippen LogP contribution in [0.2, 0.25) is 0 Å². The van der Waals surface area contributed by atoms with Gasteiger partial charge in [-0.1, -0.05) is 12.1 Å². The summed E-state index contributed by atoms with van der Waals surface area (Å²) in [5.74, 6) is 1.36. The Kier molecular flexibility index (Phi) is 6.84. The fourth-order valence-corrected chi connectivity index (χ4v) is 4.40. The Hall–Kier alpha value is -3.20. The predicted molar refractivity (Wildman–Crippen MR) is 121 cm³/mol. The molecule has 9 heteroatoms. The SMILES string of the molecule is CC(=O)Nc1ccc(SCC(=O)N2CCN(C(=O)C3COc4ccccc4O3)CC2)cc1. The zero-order valence-electron chi connectivity index (χ0n) is 17.8. The molecule has 8 nitrogen and oxygen atoms in total. The Balaban J connectivity index is 1.22. The van der Waals surface area contributed by atoms with Crippen molar-refractivity contribution < 1.29 is 23.9 Å². The average Bonchev–Trinajstić information content (AvgIpc) is 2.82. The lowest BCUT2D eigenvalue weighted by molar-refractivity contribution is -0.145. The molecule has 1 N–H and O–H groups in total. The molecule has 0 aromatic heterocycles. The van der Waals surface area contributed by atoms with E-state index >= 15 is 0 Å². The molecule has 1 unspecified atom stereocenters. The number of amides is 3. The number of benzene rings is 2. The molecule has 4 rings (SSSR count). The highest BCUT2D eigenvalue weighted by Crippen LogP contribution is 2.31.